The zero-order chi connectivity index (χ0) is 9.92. The van der Waals surface area contributed by atoms with Gasteiger partial charge in [0.05, 0.1) is 0 Å². The number of aryl methyl sites for hydroxylation is 1. The lowest BCUT2D eigenvalue weighted by Gasteiger charge is -2.10. The van der Waals surface area contributed by atoms with Crippen LogP contribution in [-0.4, -0.2) is 12.6 Å². The van der Waals surface area contributed by atoms with Gasteiger partial charge in [0, 0.05) is 28.2 Å². The second-order valence-electron chi connectivity index (χ2n) is 4.43. The Kier molecular flexibility index (Phi) is 1.58. The van der Waals surface area contributed by atoms with Gasteiger partial charge in [0.1, 0.15) is 0 Å². The van der Waals surface area contributed by atoms with Gasteiger partial charge in [0.15, 0.2) is 0 Å². The van der Waals surface area contributed by atoms with E-state index in [0.717, 1.165) is 13.0 Å². The van der Waals surface area contributed by atoms with Gasteiger partial charge >= 0.3 is 0 Å². The van der Waals surface area contributed by atoms with Crippen molar-refractivity contribution < 1.29 is 0 Å². The van der Waals surface area contributed by atoms with E-state index in [1.165, 1.54) is 21.3 Å². The predicted octanol–water partition coefficient (Wildman–Crippen LogP) is 2.15. The molecule has 74 valence electrons. The fraction of sp³-hybridized carbons (Fsp3) is 0.455. The first-order valence-electron chi connectivity index (χ1n) is 4.94. The van der Waals surface area contributed by atoms with Gasteiger partial charge in [-0.3, -0.25) is 0 Å². The van der Waals surface area contributed by atoms with Crippen molar-refractivity contribution in [2.24, 2.45) is 5.73 Å². The summed E-state index contributed by atoms with van der Waals surface area (Å²) in [5.41, 5.74) is 10.3. The molecule has 0 amide bonds. The first kappa shape index (κ1) is 8.74. The van der Waals surface area contributed by atoms with E-state index < -0.39 is 0 Å². The SMILES string of the molecule is Cc1ccc(Br)c2c1NCC21CC1N. The van der Waals surface area contributed by atoms with Crippen LogP contribution in [0.25, 0.3) is 0 Å². The molecule has 1 fully saturated rings. The number of rotatable bonds is 0. The summed E-state index contributed by atoms with van der Waals surface area (Å²) >= 11 is 3.63. The van der Waals surface area contributed by atoms with Crippen molar-refractivity contribution in [1.29, 1.82) is 0 Å². The quantitative estimate of drug-likeness (QED) is 0.743. The third kappa shape index (κ3) is 0.894. The van der Waals surface area contributed by atoms with Crippen molar-refractivity contribution in [2.75, 3.05) is 11.9 Å². The van der Waals surface area contributed by atoms with Gasteiger partial charge < -0.3 is 11.1 Å². The number of anilines is 1. The Morgan fingerprint density at radius 1 is 1.57 bits per heavy atom. The second-order valence-corrected chi connectivity index (χ2v) is 5.29. The normalized spacial score (nSPS) is 32.9. The standard InChI is InChI=1S/C11H13BrN2/c1-6-2-3-7(12)9-10(6)14-5-11(9)4-8(11)13/h2-3,8,14H,4-5,13H2,1H3. The molecule has 0 saturated heterocycles. The second kappa shape index (κ2) is 2.52. The smallest absolute Gasteiger partial charge is 0.0421 e. The van der Waals surface area contributed by atoms with Gasteiger partial charge in [-0.1, -0.05) is 22.0 Å². The molecular formula is C11H13BrN2. The molecule has 1 spiro atoms. The maximum atomic E-state index is 6.04. The summed E-state index contributed by atoms with van der Waals surface area (Å²) in [7, 11) is 0. The van der Waals surface area contributed by atoms with E-state index in [0.29, 0.717) is 6.04 Å². The largest absolute Gasteiger partial charge is 0.384 e. The number of hydrogen-bond acceptors (Lipinski definition) is 2. The molecule has 0 bridgehead atoms. The first-order chi connectivity index (χ1) is 6.65. The summed E-state index contributed by atoms with van der Waals surface area (Å²) in [4.78, 5) is 0. The molecule has 0 radical (unpaired) electrons. The minimum absolute atomic E-state index is 0.236. The molecule has 2 aliphatic rings. The van der Waals surface area contributed by atoms with Gasteiger partial charge in [-0.15, -0.1) is 0 Å². The monoisotopic (exact) mass is 252 g/mol. The van der Waals surface area contributed by atoms with Gasteiger partial charge in [-0.05, 0) is 30.5 Å². The molecule has 2 nitrogen and oxygen atoms in total. The number of hydrogen-bond donors (Lipinski definition) is 2. The Labute approximate surface area is 92.0 Å². The van der Waals surface area contributed by atoms with E-state index >= 15 is 0 Å². The summed E-state index contributed by atoms with van der Waals surface area (Å²) in [6.07, 6.45) is 1.12. The lowest BCUT2D eigenvalue weighted by molar-refractivity contribution is 0.730. The van der Waals surface area contributed by atoms with Crippen LogP contribution in [0.4, 0.5) is 5.69 Å². The summed E-state index contributed by atoms with van der Waals surface area (Å²) in [5, 5.41) is 3.48. The van der Waals surface area contributed by atoms with Crippen LogP contribution in [0.1, 0.15) is 17.5 Å². The molecule has 0 aromatic heterocycles. The van der Waals surface area contributed by atoms with Crippen LogP contribution in [0.2, 0.25) is 0 Å². The lowest BCUT2D eigenvalue weighted by atomic mass is 9.96. The molecule has 1 aromatic carbocycles. The zero-order valence-corrected chi connectivity index (χ0v) is 9.69. The molecule has 14 heavy (non-hydrogen) atoms. The highest BCUT2D eigenvalue weighted by molar-refractivity contribution is 9.10. The Hall–Kier alpha value is -0.540. The Bertz CT molecular complexity index is 416. The molecule has 2 atom stereocenters. The van der Waals surface area contributed by atoms with Gasteiger partial charge in [0.2, 0.25) is 0 Å². The van der Waals surface area contributed by atoms with E-state index in [-0.39, 0.29) is 5.41 Å². The molecular weight excluding hydrogens is 240 g/mol. The molecule has 3 rings (SSSR count). The number of halogens is 1. The van der Waals surface area contributed by atoms with Crippen LogP contribution < -0.4 is 11.1 Å². The average Bonchev–Trinajstić information content (AvgIpc) is 2.60. The minimum Gasteiger partial charge on any atom is -0.384 e. The van der Waals surface area contributed by atoms with E-state index in [1.807, 2.05) is 0 Å². The number of nitrogens with one attached hydrogen (secondary N) is 1. The lowest BCUT2D eigenvalue weighted by Crippen LogP contribution is -2.20. The fourth-order valence-electron chi connectivity index (χ4n) is 2.55. The van der Waals surface area contributed by atoms with Crippen molar-refractivity contribution in [2.45, 2.75) is 24.8 Å². The Morgan fingerprint density at radius 3 is 2.93 bits per heavy atom. The number of benzene rings is 1. The summed E-state index contributed by atoms with van der Waals surface area (Å²) in [6, 6.07) is 4.62. The molecule has 3 N–H and O–H groups in total. The molecule has 1 saturated carbocycles. The molecule has 1 aliphatic carbocycles. The molecule has 1 aromatic rings. The highest BCUT2D eigenvalue weighted by Crippen LogP contribution is 2.56. The van der Waals surface area contributed by atoms with Crippen LogP contribution in [0.3, 0.4) is 0 Å². The van der Waals surface area contributed by atoms with Gasteiger partial charge in [0.25, 0.3) is 0 Å². The van der Waals surface area contributed by atoms with Gasteiger partial charge in [-0.2, -0.15) is 0 Å². The number of fused-ring (bicyclic) bond motifs is 2. The van der Waals surface area contributed by atoms with E-state index in [9.17, 15) is 0 Å². The van der Waals surface area contributed by atoms with Crippen molar-refractivity contribution in [1.82, 2.24) is 0 Å². The zero-order valence-electron chi connectivity index (χ0n) is 8.10. The maximum Gasteiger partial charge on any atom is 0.0421 e. The van der Waals surface area contributed by atoms with Crippen LogP contribution >= 0.6 is 15.9 Å². The van der Waals surface area contributed by atoms with Crippen molar-refractivity contribution >= 4 is 21.6 Å². The molecule has 1 aliphatic heterocycles. The molecule has 1 heterocycles. The van der Waals surface area contributed by atoms with Crippen molar-refractivity contribution in [3.05, 3.63) is 27.7 Å². The third-order valence-electron chi connectivity index (χ3n) is 3.58. The summed E-state index contributed by atoms with van der Waals surface area (Å²) < 4.78 is 1.20. The summed E-state index contributed by atoms with van der Waals surface area (Å²) in [5.74, 6) is 0. The van der Waals surface area contributed by atoms with Gasteiger partial charge in [-0.25, -0.2) is 0 Å². The van der Waals surface area contributed by atoms with Crippen LogP contribution in [-0.2, 0) is 5.41 Å². The molecule has 3 heteroatoms. The number of nitrogens with two attached hydrogens (primary N) is 1. The first-order valence-corrected chi connectivity index (χ1v) is 5.73. The summed E-state index contributed by atoms with van der Waals surface area (Å²) in [6.45, 7) is 3.15. The average molecular weight is 253 g/mol. The van der Waals surface area contributed by atoms with E-state index in [4.69, 9.17) is 5.73 Å². The van der Waals surface area contributed by atoms with Crippen molar-refractivity contribution in [3.8, 4) is 0 Å². The Morgan fingerprint density at radius 2 is 2.29 bits per heavy atom. The Balaban J connectivity index is 2.24. The van der Waals surface area contributed by atoms with Crippen LogP contribution in [0.15, 0.2) is 16.6 Å². The predicted molar refractivity (Wildman–Crippen MR) is 61.6 cm³/mol. The highest BCUT2D eigenvalue weighted by Gasteiger charge is 2.57. The highest BCUT2D eigenvalue weighted by atomic mass is 79.9. The van der Waals surface area contributed by atoms with E-state index in [1.54, 1.807) is 0 Å². The maximum absolute atomic E-state index is 6.04. The topological polar surface area (TPSA) is 38.0 Å². The third-order valence-corrected chi connectivity index (χ3v) is 4.24. The van der Waals surface area contributed by atoms with Crippen LogP contribution in [0.5, 0.6) is 0 Å². The van der Waals surface area contributed by atoms with Crippen LogP contribution in [0, 0.1) is 6.92 Å². The molecule has 2 unspecified atom stereocenters. The minimum atomic E-state index is 0.236. The van der Waals surface area contributed by atoms with Crippen molar-refractivity contribution in [3.63, 3.8) is 0 Å². The van der Waals surface area contributed by atoms with E-state index in [2.05, 4.69) is 40.3 Å². The fourth-order valence-corrected chi connectivity index (χ4v) is 3.28.